The standard InChI is InChI=1S/C8H9BF3OSe/c1-13-6-14-8-4-2-7(3-5-8)9(10,11)12/h2-5H,6H2,1H3/q-1. The summed E-state index contributed by atoms with van der Waals surface area (Å²) in [5.41, 5.74) is 0.0470. The number of halogens is 3. The van der Waals surface area contributed by atoms with Gasteiger partial charge in [0.05, 0.1) is 0 Å². The second kappa shape index (κ2) is 4.87. The van der Waals surface area contributed by atoms with Gasteiger partial charge in [0.15, 0.2) is 0 Å². The van der Waals surface area contributed by atoms with Crippen LogP contribution in [0.3, 0.4) is 0 Å². The van der Waals surface area contributed by atoms with Gasteiger partial charge in [-0.05, 0) is 0 Å². The number of ether oxygens (including phenoxy) is 1. The van der Waals surface area contributed by atoms with Crippen LogP contribution in [0.4, 0.5) is 12.9 Å². The first-order valence-corrected chi connectivity index (χ1v) is 6.02. The fourth-order valence-electron chi connectivity index (χ4n) is 0.909. The number of hydrogen-bond donors (Lipinski definition) is 0. The Balaban J connectivity index is 2.69. The molecule has 0 aliphatic rings. The molecule has 0 saturated carbocycles. The molecule has 1 nitrogen and oxygen atoms in total. The van der Waals surface area contributed by atoms with E-state index in [4.69, 9.17) is 4.74 Å². The summed E-state index contributed by atoms with van der Waals surface area (Å²) < 4.78 is 42.4. The number of hydrogen-bond acceptors (Lipinski definition) is 1. The minimum absolute atomic E-state index is 0.103. The van der Waals surface area contributed by atoms with Gasteiger partial charge in [0, 0.05) is 0 Å². The van der Waals surface area contributed by atoms with E-state index in [0.717, 1.165) is 16.6 Å². The molecular weight excluding hydrogens is 259 g/mol. The summed E-state index contributed by atoms with van der Waals surface area (Å²) in [5, 5.41) is 0. The molecule has 0 unspecified atom stereocenters. The van der Waals surface area contributed by atoms with E-state index >= 15 is 0 Å². The normalized spacial score (nSPS) is 11.7. The van der Waals surface area contributed by atoms with Crippen LogP contribution in [0.1, 0.15) is 0 Å². The predicted octanol–water partition coefficient (Wildman–Crippen LogP) is 0.674. The molecule has 78 valence electrons. The van der Waals surface area contributed by atoms with Crippen LogP contribution in [0.2, 0.25) is 0 Å². The third-order valence-electron chi connectivity index (χ3n) is 1.60. The van der Waals surface area contributed by atoms with Crippen LogP contribution in [-0.4, -0.2) is 34.5 Å². The van der Waals surface area contributed by atoms with Gasteiger partial charge in [0.25, 0.3) is 0 Å². The molecule has 0 N–H and O–H groups in total. The van der Waals surface area contributed by atoms with Crippen molar-refractivity contribution in [2.24, 2.45) is 0 Å². The average molecular weight is 268 g/mol. The zero-order valence-electron chi connectivity index (χ0n) is 7.54. The molecule has 0 amide bonds. The second-order valence-corrected chi connectivity index (χ2v) is 4.78. The van der Waals surface area contributed by atoms with Crippen molar-refractivity contribution in [3.63, 3.8) is 0 Å². The van der Waals surface area contributed by atoms with Gasteiger partial charge in [-0.3, -0.25) is 0 Å². The first-order valence-electron chi connectivity index (χ1n) is 3.95. The van der Waals surface area contributed by atoms with Crippen LogP contribution in [-0.2, 0) is 4.74 Å². The molecule has 0 spiro atoms. The maximum atomic E-state index is 12.2. The van der Waals surface area contributed by atoms with Gasteiger partial charge in [-0.25, -0.2) is 0 Å². The summed E-state index contributed by atoms with van der Waals surface area (Å²) in [7, 11) is 1.58. The Hall–Kier alpha value is -0.446. The summed E-state index contributed by atoms with van der Waals surface area (Å²) in [5.74, 6) is 0. The van der Waals surface area contributed by atoms with Crippen LogP contribution in [0, 0.1) is 0 Å². The molecule has 0 aliphatic heterocycles. The third kappa shape index (κ3) is 3.37. The molecule has 0 heterocycles. The van der Waals surface area contributed by atoms with Gasteiger partial charge in [0.1, 0.15) is 0 Å². The summed E-state index contributed by atoms with van der Waals surface area (Å²) >= 11 is 0.103. The zero-order valence-corrected chi connectivity index (χ0v) is 9.26. The van der Waals surface area contributed by atoms with Crippen molar-refractivity contribution in [3.8, 4) is 0 Å². The topological polar surface area (TPSA) is 9.23 Å². The van der Waals surface area contributed by atoms with Crippen molar-refractivity contribution in [1.82, 2.24) is 0 Å². The molecule has 14 heavy (non-hydrogen) atoms. The Labute approximate surface area is 86.9 Å². The maximum absolute atomic E-state index is 12.2. The third-order valence-corrected chi connectivity index (χ3v) is 3.61. The first-order chi connectivity index (χ1) is 6.54. The molecule has 0 bridgehead atoms. The molecule has 0 radical (unpaired) electrons. The van der Waals surface area contributed by atoms with E-state index in [1.807, 2.05) is 0 Å². The van der Waals surface area contributed by atoms with Crippen LogP contribution in [0.15, 0.2) is 24.3 Å². The van der Waals surface area contributed by atoms with E-state index in [2.05, 4.69) is 0 Å². The molecule has 0 fully saturated rings. The Morgan fingerprint density at radius 1 is 1.21 bits per heavy atom. The summed E-state index contributed by atoms with van der Waals surface area (Å²) in [6.45, 7) is -4.86. The van der Waals surface area contributed by atoms with E-state index in [1.165, 1.54) is 12.1 Å². The Kier molecular flexibility index (Phi) is 4.04. The van der Waals surface area contributed by atoms with E-state index < -0.39 is 12.4 Å². The molecule has 0 aliphatic carbocycles. The van der Waals surface area contributed by atoms with Crippen LogP contribution < -0.4 is 9.92 Å². The fourth-order valence-corrected chi connectivity index (χ4v) is 2.13. The molecule has 6 heteroatoms. The molecule has 0 atom stereocenters. The average Bonchev–Trinajstić information content (AvgIpc) is 2.14. The summed E-state index contributed by atoms with van der Waals surface area (Å²) in [6.07, 6.45) is 0. The molecule has 0 aromatic heterocycles. The van der Waals surface area contributed by atoms with Gasteiger partial charge < -0.3 is 0 Å². The Bertz CT molecular complexity index is 286. The minimum atomic E-state index is -4.86. The van der Waals surface area contributed by atoms with Crippen molar-refractivity contribution in [2.75, 3.05) is 12.6 Å². The van der Waals surface area contributed by atoms with Crippen molar-refractivity contribution in [3.05, 3.63) is 24.3 Å². The molecular formula is C8H9BF3OSe-. The predicted molar refractivity (Wildman–Crippen MR) is 52.4 cm³/mol. The quantitative estimate of drug-likeness (QED) is 0.729. The molecule has 0 saturated heterocycles. The first kappa shape index (κ1) is 11.6. The monoisotopic (exact) mass is 269 g/mol. The van der Waals surface area contributed by atoms with E-state index in [1.54, 1.807) is 7.11 Å². The number of rotatable bonds is 4. The SMILES string of the molecule is COC[Se]c1ccc([B-](F)(F)F)cc1. The summed E-state index contributed by atoms with van der Waals surface area (Å²) in [6, 6.07) is 5.30. The van der Waals surface area contributed by atoms with Gasteiger partial charge in [-0.15, -0.1) is 0 Å². The molecule has 1 aromatic carbocycles. The van der Waals surface area contributed by atoms with Gasteiger partial charge >= 0.3 is 86.4 Å². The summed E-state index contributed by atoms with van der Waals surface area (Å²) in [4.78, 5) is 0. The van der Waals surface area contributed by atoms with E-state index in [0.29, 0.717) is 5.51 Å². The zero-order chi connectivity index (χ0) is 10.6. The van der Waals surface area contributed by atoms with Crippen LogP contribution >= 0.6 is 0 Å². The second-order valence-electron chi connectivity index (χ2n) is 2.69. The van der Waals surface area contributed by atoms with E-state index in [-0.39, 0.29) is 15.0 Å². The Morgan fingerprint density at radius 2 is 1.79 bits per heavy atom. The van der Waals surface area contributed by atoms with Crippen molar-refractivity contribution < 1.29 is 17.7 Å². The van der Waals surface area contributed by atoms with E-state index in [9.17, 15) is 12.9 Å². The van der Waals surface area contributed by atoms with Gasteiger partial charge in [-0.1, -0.05) is 0 Å². The van der Waals surface area contributed by atoms with Gasteiger partial charge in [0.2, 0.25) is 0 Å². The van der Waals surface area contributed by atoms with Crippen molar-refractivity contribution >= 4 is 31.9 Å². The number of methoxy groups -OCH3 is 1. The Morgan fingerprint density at radius 3 is 2.21 bits per heavy atom. The van der Waals surface area contributed by atoms with Crippen molar-refractivity contribution in [1.29, 1.82) is 0 Å². The van der Waals surface area contributed by atoms with Gasteiger partial charge in [-0.2, -0.15) is 0 Å². The molecule has 1 aromatic rings. The number of benzene rings is 1. The van der Waals surface area contributed by atoms with Crippen LogP contribution in [0.5, 0.6) is 0 Å². The fraction of sp³-hybridized carbons (Fsp3) is 0.250. The molecule has 1 rings (SSSR count). The van der Waals surface area contributed by atoms with Crippen molar-refractivity contribution in [2.45, 2.75) is 0 Å². The van der Waals surface area contributed by atoms with Crippen LogP contribution in [0.25, 0.3) is 0 Å².